The number of carbonyl (C=O) groups excluding carboxylic acids is 1. The van der Waals surface area contributed by atoms with Crippen molar-refractivity contribution in [3.63, 3.8) is 0 Å². The van der Waals surface area contributed by atoms with E-state index < -0.39 is 11.5 Å². The van der Waals surface area contributed by atoms with Gasteiger partial charge < -0.3 is 10.4 Å². The largest absolute Gasteiger partial charge is 0.480 e. The third-order valence-electron chi connectivity index (χ3n) is 4.32. The average Bonchev–Trinajstić information content (AvgIpc) is 2.94. The fraction of sp³-hybridized carbons (Fsp3) is 0.625. The van der Waals surface area contributed by atoms with Crippen LogP contribution in [0.2, 0.25) is 0 Å². The highest BCUT2D eigenvalue weighted by Crippen LogP contribution is 2.32. The second-order valence-corrected chi connectivity index (χ2v) is 7.08. The monoisotopic (exact) mass is 309 g/mol. The van der Waals surface area contributed by atoms with Crippen molar-refractivity contribution in [1.29, 1.82) is 0 Å². The van der Waals surface area contributed by atoms with Crippen LogP contribution in [0, 0.1) is 5.92 Å². The molecule has 2 N–H and O–H groups in total. The van der Waals surface area contributed by atoms with Gasteiger partial charge >= 0.3 is 5.97 Å². The maximum atomic E-state index is 12.1. The molecule has 1 fully saturated rings. The van der Waals surface area contributed by atoms with Crippen LogP contribution >= 0.6 is 11.3 Å². The number of aryl methyl sites for hydroxylation is 1. The lowest BCUT2D eigenvalue weighted by molar-refractivity contribution is -0.149. The van der Waals surface area contributed by atoms with Crippen LogP contribution in [-0.2, 0) is 16.0 Å². The summed E-state index contributed by atoms with van der Waals surface area (Å²) in [4.78, 5) is 24.9. The van der Waals surface area contributed by atoms with Crippen molar-refractivity contribution < 1.29 is 14.7 Å². The van der Waals surface area contributed by atoms with E-state index in [2.05, 4.69) is 18.3 Å². The zero-order valence-corrected chi connectivity index (χ0v) is 13.2. The lowest BCUT2D eigenvalue weighted by Gasteiger charge is -2.36. The van der Waals surface area contributed by atoms with E-state index in [1.807, 2.05) is 11.4 Å². The summed E-state index contributed by atoms with van der Waals surface area (Å²) in [7, 11) is 0. The molecule has 2 rings (SSSR count). The van der Waals surface area contributed by atoms with Crippen LogP contribution in [0.25, 0.3) is 0 Å². The topological polar surface area (TPSA) is 66.4 Å². The van der Waals surface area contributed by atoms with Gasteiger partial charge in [0.25, 0.3) is 0 Å². The molecule has 0 spiro atoms. The second-order valence-electron chi connectivity index (χ2n) is 6.05. The highest BCUT2D eigenvalue weighted by Gasteiger charge is 2.42. The van der Waals surface area contributed by atoms with Gasteiger partial charge in [-0.05, 0) is 55.9 Å². The van der Waals surface area contributed by atoms with Gasteiger partial charge in [0.1, 0.15) is 5.54 Å². The lowest BCUT2D eigenvalue weighted by atomic mass is 9.77. The summed E-state index contributed by atoms with van der Waals surface area (Å²) >= 11 is 1.69. The van der Waals surface area contributed by atoms with Crippen molar-refractivity contribution in [3.05, 3.63) is 22.4 Å². The molecular formula is C16H23NO3S. The molecule has 1 amide bonds. The number of amides is 1. The third-order valence-corrected chi connectivity index (χ3v) is 5.26. The molecule has 0 atom stereocenters. The summed E-state index contributed by atoms with van der Waals surface area (Å²) in [6.07, 6.45) is 4.84. The van der Waals surface area contributed by atoms with Crippen LogP contribution in [0.3, 0.4) is 0 Å². The van der Waals surface area contributed by atoms with Crippen LogP contribution in [0.4, 0.5) is 0 Å². The Hall–Kier alpha value is -1.36. The molecule has 1 aromatic heterocycles. The van der Waals surface area contributed by atoms with Gasteiger partial charge in [-0.25, -0.2) is 4.79 Å². The highest BCUT2D eigenvalue weighted by molar-refractivity contribution is 7.09. The normalized spacial score (nSPS) is 25.5. The minimum absolute atomic E-state index is 0.136. The van der Waals surface area contributed by atoms with Crippen LogP contribution in [-0.4, -0.2) is 22.5 Å². The van der Waals surface area contributed by atoms with E-state index >= 15 is 0 Å². The van der Waals surface area contributed by atoms with Gasteiger partial charge in [-0.15, -0.1) is 11.3 Å². The molecule has 4 nitrogen and oxygen atoms in total. The summed E-state index contributed by atoms with van der Waals surface area (Å²) in [5.41, 5.74) is -1.04. The Morgan fingerprint density at radius 1 is 1.43 bits per heavy atom. The van der Waals surface area contributed by atoms with Gasteiger partial charge in [0, 0.05) is 11.3 Å². The predicted octanol–water partition coefficient (Wildman–Crippen LogP) is 3.22. The van der Waals surface area contributed by atoms with E-state index in [0.29, 0.717) is 25.2 Å². The standard InChI is InChI=1S/C16H23NO3S/c1-12-7-9-16(10-8-12,15(19)20)17-14(18)6-2-4-13-5-3-11-21-13/h3,5,11-12H,2,4,6-10H2,1H3,(H,17,18)(H,19,20). The molecule has 0 bridgehead atoms. The summed E-state index contributed by atoms with van der Waals surface area (Å²) in [5.74, 6) is -0.474. The van der Waals surface area contributed by atoms with Crippen LogP contribution in [0.1, 0.15) is 50.3 Å². The summed E-state index contributed by atoms with van der Waals surface area (Å²) in [6.45, 7) is 2.13. The van der Waals surface area contributed by atoms with E-state index in [9.17, 15) is 14.7 Å². The van der Waals surface area contributed by atoms with E-state index in [0.717, 1.165) is 25.7 Å². The molecule has 0 aromatic carbocycles. The molecule has 5 heteroatoms. The molecule has 1 aromatic rings. The van der Waals surface area contributed by atoms with E-state index in [1.54, 1.807) is 11.3 Å². The van der Waals surface area contributed by atoms with Crippen molar-refractivity contribution in [2.45, 2.75) is 57.4 Å². The zero-order valence-electron chi connectivity index (χ0n) is 12.4. The quantitative estimate of drug-likeness (QED) is 0.848. The first-order valence-electron chi connectivity index (χ1n) is 7.59. The molecule has 1 heterocycles. The molecule has 1 saturated carbocycles. The highest BCUT2D eigenvalue weighted by atomic mass is 32.1. The predicted molar refractivity (Wildman–Crippen MR) is 83.4 cm³/mol. The van der Waals surface area contributed by atoms with Crippen LogP contribution in [0.5, 0.6) is 0 Å². The number of rotatable bonds is 6. The number of carboxylic acid groups (broad SMARTS) is 1. The first-order valence-corrected chi connectivity index (χ1v) is 8.46. The lowest BCUT2D eigenvalue weighted by Crippen LogP contribution is -2.56. The first-order chi connectivity index (χ1) is 10.0. The van der Waals surface area contributed by atoms with Crippen LogP contribution < -0.4 is 5.32 Å². The smallest absolute Gasteiger partial charge is 0.329 e. The average molecular weight is 309 g/mol. The molecule has 0 aliphatic heterocycles. The maximum Gasteiger partial charge on any atom is 0.329 e. The van der Waals surface area contributed by atoms with Gasteiger partial charge in [-0.3, -0.25) is 4.79 Å². The van der Waals surface area contributed by atoms with Crippen molar-refractivity contribution in [1.82, 2.24) is 5.32 Å². The summed E-state index contributed by atoms with van der Waals surface area (Å²) in [5, 5.41) is 14.3. The molecule has 1 aliphatic rings. The minimum Gasteiger partial charge on any atom is -0.480 e. The maximum absolute atomic E-state index is 12.1. The van der Waals surface area contributed by atoms with Crippen LogP contribution in [0.15, 0.2) is 17.5 Å². The SMILES string of the molecule is CC1CCC(NC(=O)CCCc2cccs2)(C(=O)O)CC1. The fourth-order valence-corrected chi connectivity index (χ4v) is 3.61. The Labute approximate surface area is 129 Å². The Morgan fingerprint density at radius 2 is 2.14 bits per heavy atom. The van der Waals surface area contributed by atoms with Gasteiger partial charge in [0.2, 0.25) is 5.91 Å². The van der Waals surface area contributed by atoms with Gasteiger partial charge in [-0.2, -0.15) is 0 Å². The van der Waals surface area contributed by atoms with Crippen molar-refractivity contribution in [2.24, 2.45) is 5.92 Å². The third kappa shape index (κ3) is 4.30. The fourth-order valence-electron chi connectivity index (χ4n) is 2.85. The van der Waals surface area contributed by atoms with Crippen molar-refractivity contribution >= 4 is 23.2 Å². The number of hydrogen-bond donors (Lipinski definition) is 2. The number of thiophene rings is 1. The molecule has 21 heavy (non-hydrogen) atoms. The van der Waals surface area contributed by atoms with E-state index in [4.69, 9.17) is 0 Å². The number of carbonyl (C=O) groups is 2. The Balaban J connectivity index is 1.82. The van der Waals surface area contributed by atoms with Gasteiger partial charge in [0.15, 0.2) is 0 Å². The number of hydrogen-bond acceptors (Lipinski definition) is 3. The second kappa shape index (κ2) is 7.07. The van der Waals surface area contributed by atoms with Gasteiger partial charge in [-0.1, -0.05) is 13.0 Å². The van der Waals surface area contributed by atoms with Crippen molar-refractivity contribution in [3.8, 4) is 0 Å². The molecule has 0 saturated heterocycles. The number of aliphatic carboxylic acids is 1. The van der Waals surface area contributed by atoms with E-state index in [1.165, 1.54) is 4.88 Å². The molecule has 116 valence electrons. The Morgan fingerprint density at radius 3 is 2.71 bits per heavy atom. The summed E-state index contributed by atoms with van der Waals surface area (Å²) in [6, 6.07) is 4.06. The first kappa shape index (κ1) is 16.0. The van der Waals surface area contributed by atoms with Gasteiger partial charge in [0.05, 0.1) is 0 Å². The molecule has 0 radical (unpaired) electrons. The van der Waals surface area contributed by atoms with E-state index in [-0.39, 0.29) is 5.91 Å². The van der Waals surface area contributed by atoms with Crippen molar-refractivity contribution in [2.75, 3.05) is 0 Å². The zero-order chi connectivity index (χ0) is 15.3. The Bertz CT molecular complexity index is 476. The minimum atomic E-state index is -1.04. The molecular weight excluding hydrogens is 286 g/mol. The molecule has 1 aliphatic carbocycles. The molecule has 0 unspecified atom stereocenters. The summed E-state index contributed by atoms with van der Waals surface area (Å²) < 4.78 is 0. The number of carboxylic acids is 1. The number of nitrogens with one attached hydrogen (secondary N) is 1. The Kier molecular flexibility index (Phi) is 5.39.